The van der Waals surface area contributed by atoms with Crippen LogP contribution in [0.4, 0.5) is 4.39 Å². The van der Waals surface area contributed by atoms with Crippen LogP contribution >= 0.6 is 11.6 Å². The highest BCUT2D eigenvalue weighted by atomic mass is 35.5. The van der Waals surface area contributed by atoms with Crippen LogP contribution in [0.15, 0.2) is 18.2 Å². The molecule has 4 heteroatoms. The van der Waals surface area contributed by atoms with Crippen LogP contribution < -0.4 is 5.32 Å². The molecule has 0 aliphatic rings. The van der Waals surface area contributed by atoms with Crippen molar-refractivity contribution in [1.82, 2.24) is 5.32 Å². The topological polar surface area (TPSA) is 21.3 Å². The van der Waals surface area contributed by atoms with Crippen molar-refractivity contribution in [2.45, 2.75) is 38.8 Å². The summed E-state index contributed by atoms with van der Waals surface area (Å²) >= 11 is 5.68. The van der Waals surface area contributed by atoms with Crippen molar-refractivity contribution in [1.29, 1.82) is 0 Å². The number of ether oxygens (including phenoxy) is 1. The minimum absolute atomic E-state index is 0.109. The lowest BCUT2D eigenvalue weighted by atomic mass is 9.92. The average molecular weight is 274 g/mol. The smallest absolute Gasteiger partial charge is 0.142 e. The molecule has 1 aromatic carbocycles. The minimum atomic E-state index is -0.377. The van der Waals surface area contributed by atoms with Gasteiger partial charge in [0.1, 0.15) is 5.82 Å². The van der Waals surface area contributed by atoms with Crippen molar-refractivity contribution in [3.63, 3.8) is 0 Å². The van der Waals surface area contributed by atoms with Gasteiger partial charge >= 0.3 is 0 Å². The van der Waals surface area contributed by atoms with Gasteiger partial charge in [-0.25, -0.2) is 4.39 Å². The Hall–Kier alpha value is -0.640. The molecule has 1 aromatic rings. The molecule has 0 amide bonds. The molecule has 1 atom stereocenters. The maximum atomic E-state index is 13.4. The summed E-state index contributed by atoms with van der Waals surface area (Å²) in [5.74, 6) is -0.377. The van der Waals surface area contributed by atoms with E-state index in [1.165, 1.54) is 6.07 Å². The van der Waals surface area contributed by atoms with E-state index < -0.39 is 0 Å². The number of nitrogens with one attached hydrogen (secondary N) is 1. The quantitative estimate of drug-likeness (QED) is 0.857. The fourth-order valence-electron chi connectivity index (χ4n) is 2.07. The van der Waals surface area contributed by atoms with E-state index in [9.17, 15) is 4.39 Å². The third-order valence-electron chi connectivity index (χ3n) is 3.13. The van der Waals surface area contributed by atoms with E-state index in [-0.39, 0.29) is 22.5 Å². The van der Waals surface area contributed by atoms with Gasteiger partial charge in [0, 0.05) is 12.6 Å². The Morgan fingerprint density at radius 1 is 1.44 bits per heavy atom. The predicted octanol–water partition coefficient (Wildman–Crippen LogP) is 3.42. The second-order valence-corrected chi connectivity index (χ2v) is 5.24. The van der Waals surface area contributed by atoms with Gasteiger partial charge in [-0.15, -0.1) is 0 Å². The number of likely N-dealkylation sites (N-methyl/N-ethyl adjacent to an activating group) is 1. The van der Waals surface area contributed by atoms with Gasteiger partial charge in [0.05, 0.1) is 10.6 Å². The largest absolute Gasteiger partial charge is 0.374 e. The SMILES string of the molecule is CCOC(C)(C)C(Cc1ccc(Cl)c(F)c1)NC. The number of rotatable bonds is 6. The van der Waals surface area contributed by atoms with Crippen LogP contribution in [0.5, 0.6) is 0 Å². The van der Waals surface area contributed by atoms with E-state index in [0.717, 1.165) is 5.56 Å². The Bertz CT molecular complexity index is 395. The van der Waals surface area contributed by atoms with Gasteiger partial charge in [0.25, 0.3) is 0 Å². The fraction of sp³-hybridized carbons (Fsp3) is 0.571. The molecule has 1 N–H and O–H groups in total. The zero-order valence-corrected chi connectivity index (χ0v) is 12.1. The Morgan fingerprint density at radius 3 is 2.61 bits per heavy atom. The van der Waals surface area contributed by atoms with Crippen LogP contribution in [-0.2, 0) is 11.2 Å². The molecule has 0 heterocycles. The van der Waals surface area contributed by atoms with Crippen LogP contribution in [0.25, 0.3) is 0 Å². The van der Waals surface area contributed by atoms with Crippen LogP contribution in [0, 0.1) is 5.82 Å². The van der Waals surface area contributed by atoms with Gasteiger partial charge in [-0.1, -0.05) is 17.7 Å². The normalized spacial score (nSPS) is 13.7. The number of benzene rings is 1. The molecule has 0 radical (unpaired) electrons. The highest BCUT2D eigenvalue weighted by molar-refractivity contribution is 6.30. The van der Waals surface area contributed by atoms with Crippen molar-refractivity contribution in [2.75, 3.05) is 13.7 Å². The van der Waals surface area contributed by atoms with Crippen molar-refractivity contribution < 1.29 is 9.13 Å². The summed E-state index contributed by atoms with van der Waals surface area (Å²) in [6.07, 6.45) is 0.692. The molecule has 1 unspecified atom stereocenters. The van der Waals surface area contributed by atoms with Gasteiger partial charge in [-0.2, -0.15) is 0 Å². The molecule has 2 nitrogen and oxygen atoms in total. The summed E-state index contributed by atoms with van der Waals surface area (Å²) in [6, 6.07) is 5.03. The monoisotopic (exact) mass is 273 g/mol. The Balaban J connectivity index is 2.82. The first-order valence-electron chi connectivity index (χ1n) is 6.16. The third kappa shape index (κ3) is 3.94. The number of halogens is 2. The molecular formula is C14H21ClFNO. The van der Waals surface area contributed by atoms with E-state index in [0.29, 0.717) is 13.0 Å². The zero-order chi connectivity index (χ0) is 13.8. The average Bonchev–Trinajstić information content (AvgIpc) is 2.30. The van der Waals surface area contributed by atoms with Crippen molar-refractivity contribution in [2.24, 2.45) is 0 Å². The number of hydrogen-bond acceptors (Lipinski definition) is 2. The third-order valence-corrected chi connectivity index (χ3v) is 3.43. The Morgan fingerprint density at radius 2 is 2.11 bits per heavy atom. The van der Waals surface area contributed by atoms with Gasteiger partial charge in [0.15, 0.2) is 0 Å². The van der Waals surface area contributed by atoms with Gasteiger partial charge in [-0.3, -0.25) is 0 Å². The van der Waals surface area contributed by atoms with Gasteiger partial charge < -0.3 is 10.1 Å². The molecule has 0 saturated carbocycles. The van der Waals surface area contributed by atoms with E-state index >= 15 is 0 Å². The summed E-state index contributed by atoms with van der Waals surface area (Å²) in [4.78, 5) is 0. The molecule has 0 saturated heterocycles. The summed E-state index contributed by atoms with van der Waals surface area (Å²) in [7, 11) is 1.89. The molecule has 1 rings (SSSR count). The van der Waals surface area contributed by atoms with E-state index in [1.54, 1.807) is 6.07 Å². The van der Waals surface area contributed by atoms with Gasteiger partial charge in [0.2, 0.25) is 0 Å². The van der Waals surface area contributed by atoms with E-state index in [2.05, 4.69) is 5.32 Å². The fourth-order valence-corrected chi connectivity index (χ4v) is 2.19. The predicted molar refractivity (Wildman–Crippen MR) is 73.7 cm³/mol. The molecule has 102 valence electrons. The summed E-state index contributed by atoms with van der Waals surface area (Å²) in [5, 5.41) is 3.39. The lowest BCUT2D eigenvalue weighted by Crippen LogP contribution is -2.48. The first-order chi connectivity index (χ1) is 8.40. The lowest BCUT2D eigenvalue weighted by molar-refractivity contribution is -0.0363. The van der Waals surface area contributed by atoms with Crippen molar-refractivity contribution in [3.05, 3.63) is 34.6 Å². The second kappa shape index (κ2) is 6.50. The van der Waals surface area contributed by atoms with E-state index in [4.69, 9.17) is 16.3 Å². The molecule has 0 spiro atoms. The summed E-state index contributed by atoms with van der Waals surface area (Å²) in [6.45, 7) is 6.68. The Labute approximate surface area is 113 Å². The Kier molecular flexibility index (Phi) is 5.57. The zero-order valence-electron chi connectivity index (χ0n) is 11.4. The first kappa shape index (κ1) is 15.4. The van der Waals surface area contributed by atoms with Crippen LogP contribution in [-0.4, -0.2) is 25.3 Å². The van der Waals surface area contributed by atoms with Crippen molar-refractivity contribution in [3.8, 4) is 0 Å². The summed E-state index contributed by atoms with van der Waals surface area (Å²) < 4.78 is 19.1. The maximum Gasteiger partial charge on any atom is 0.142 e. The highest BCUT2D eigenvalue weighted by Crippen LogP contribution is 2.21. The van der Waals surface area contributed by atoms with E-state index in [1.807, 2.05) is 33.9 Å². The van der Waals surface area contributed by atoms with Crippen LogP contribution in [0.3, 0.4) is 0 Å². The first-order valence-corrected chi connectivity index (χ1v) is 6.53. The molecule has 0 aromatic heterocycles. The molecule has 0 aliphatic carbocycles. The lowest BCUT2D eigenvalue weighted by Gasteiger charge is -2.34. The van der Waals surface area contributed by atoms with Gasteiger partial charge in [-0.05, 0) is 51.9 Å². The second-order valence-electron chi connectivity index (χ2n) is 4.83. The highest BCUT2D eigenvalue weighted by Gasteiger charge is 2.28. The molecule has 18 heavy (non-hydrogen) atoms. The maximum absolute atomic E-state index is 13.4. The minimum Gasteiger partial charge on any atom is -0.374 e. The summed E-state index contributed by atoms with van der Waals surface area (Å²) in [5.41, 5.74) is 0.601. The molecule has 0 fully saturated rings. The molecule has 0 bridgehead atoms. The van der Waals surface area contributed by atoms with Crippen LogP contribution in [0.2, 0.25) is 5.02 Å². The van der Waals surface area contributed by atoms with Crippen LogP contribution in [0.1, 0.15) is 26.3 Å². The molecule has 0 aliphatic heterocycles. The van der Waals surface area contributed by atoms with Crippen molar-refractivity contribution >= 4 is 11.6 Å². The molecular weight excluding hydrogens is 253 g/mol. The number of hydrogen-bond donors (Lipinski definition) is 1. The standard InChI is InChI=1S/C14H21ClFNO/c1-5-18-14(2,3)13(17-4)9-10-6-7-11(15)12(16)8-10/h6-8,13,17H,5,9H2,1-4H3.